The van der Waals surface area contributed by atoms with Crippen molar-refractivity contribution in [3.05, 3.63) is 59.7 Å². The monoisotopic (exact) mass is 494 g/mol. The maximum Gasteiger partial charge on any atom is 0.222 e. The zero-order chi connectivity index (χ0) is 19.1. The highest BCUT2D eigenvalue weighted by molar-refractivity contribution is 14.0. The molecule has 7 heteroatoms. The molecule has 0 aromatic heterocycles. The summed E-state index contributed by atoms with van der Waals surface area (Å²) in [6.07, 6.45) is 2.09. The third-order valence-electron chi connectivity index (χ3n) is 4.66. The van der Waals surface area contributed by atoms with Crippen molar-refractivity contribution in [2.24, 2.45) is 10.7 Å². The van der Waals surface area contributed by atoms with Crippen molar-refractivity contribution >= 4 is 41.5 Å². The zero-order valence-electron chi connectivity index (χ0n) is 16.1. The first kappa shape index (κ1) is 22.0. The van der Waals surface area contributed by atoms with Crippen LogP contribution in [0.3, 0.4) is 0 Å². The average Bonchev–Trinajstić information content (AvgIpc) is 2.70. The van der Waals surface area contributed by atoms with Crippen LogP contribution in [0.5, 0.6) is 5.75 Å². The Labute approximate surface area is 183 Å². The van der Waals surface area contributed by atoms with E-state index in [-0.39, 0.29) is 29.9 Å². The van der Waals surface area contributed by atoms with Crippen LogP contribution in [0.2, 0.25) is 0 Å². The van der Waals surface area contributed by atoms with Gasteiger partial charge in [0.2, 0.25) is 5.91 Å². The van der Waals surface area contributed by atoms with E-state index in [1.54, 1.807) is 7.11 Å². The van der Waals surface area contributed by atoms with Gasteiger partial charge in [-0.25, -0.2) is 0 Å². The zero-order valence-corrected chi connectivity index (χ0v) is 18.4. The highest BCUT2D eigenvalue weighted by atomic mass is 127. The number of halogens is 1. The van der Waals surface area contributed by atoms with Gasteiger partial charge in [0.15, 0.2) is 5.96 Å². The second-order valence-corrected chi connectivity index (χ2v) is 6.56. The molecular formula is C21H27IN4O2. The molecule has 3 rings (SSSR count). The first-order chi connectivity index (χ1) is 13.2. The lowest BCUT2D eigenvalue weighted by molar-refractivity contribution is -0.132. The Morgan fingerprint density at radius 1 is 1.21 bits per heavy atom. The predicted molar refractivity (Wildman–Crippen MR) is 123 cm³/mol. The van der Waals surface area contributed by atoms with Crippen LogP contribution in [-0.2, 0) is 17.8 Å². The van der Waals surface area contributed by atoms with E-state index in [9.17, 15) is 4.79 Å². The number of carbonyl (C=O) groups excluding carboxylic acids is 1. The number of hydrogen-bond acceptors (Lipinski definition) is 3. The van der Waals surface area contributed by atoms with Crippen LogP contribution in [-0.4, -0.2) is 37.0 Å². The third kappa shape index (κ3) is 6.12. The van der Waals surface area contributed by atoms with Crippen molar-refractivity contribution in [2.45, 2.75) is 25.8 Å². The van der Waals surface area contributed by atoms with E-state index < -0.39 is 0 Å². The molecule has 0 aliphatic carbocycles. The number of nitrogens with zero attached hydrogens (tertiary/aromatic N) is 2. The van der Waals surface area contributed by atoms with E-state index in [1.165, 1.54) is 11.1 Å². The minimum atomic E-state index is 0. The fourth-order valence-electron chi connectivity index (χ4n) is 3.18. The normalized spacial score (nSPS) is 13.3. The van der Waals surface area contributed by atoms with Gasteiger partial charge in [-0.3, -0.25) is 9.79 Å². The fourth-order valence-corrected chi connectivity index (χ4v) is 3.18. The van der Waals surface area contributed by atoms with Gasteiger partial charge in [0.05, 0.1) is 7.11 Å². The number of fused-ring (bicyclic) bond motifs is 1. The summed E-state index contributed by atoms with van der Waals surface area (Å²) in [6, 6.07) is 15.8. The number of benzene rings is 2. The number of ether oxygens (including phenoxy) is 1. The molecule has 1 aliphatic rings. The van der Waals surface area contributed by atoms with E-state index in [1.807, 2.05) is 35.2 Å². The summed E-state index contributed by atoms with van der Waals surface area (Å²) in [7, 11) is 1.62. The first-order valence-electron chi connectivity index (χ1n) is 9.21. The van der Waals surface area contributed by atoms with E-state index in [2.05, 4.69) is 28.5 Å². The highest BCUT2D eigenvalue weighted by Gasteiger charge is 2.19. The molecule has 0 saturated heterocycles. The molecule has 2 aromatic carbocycles. The molecule has 150 valence electrons. The van der Waals surface area contributed by atoms with E-state index in [0.717, 1.165) is 24.4 Å². The molecule has 3 N–H and O–H groups in total. The average molecular weight is 494 g/mol. The van der Waals surface area contributed by atoms with Crippen molar-refractivity contribution < 1.29 is 9.53 Å². The summed E-state index contributed by atoms with van der Waals surface area (Å²) in [5, 5.41) is 3.03. The van der Waals surface area contributed by atoms with Crippen LogP contribution in [0, 0.1) is 0 Å². The maximum absolute atomic E-state index is 12.4. The van der Waals surface area contributed by atoms with Crippen molar-refractivity contribution in [3.63, 3.8) is 0 Å². The quantitative estimate of drug-likeness (QED) is 0.279. The van der Waals surface area contributed by atoms with Crippen LogP contribution < -0.4 is 15.8 Å². The van der Waals surface area contributed by atoms with E-state index in [0.29, 0.717) is 31.9 Å². The lowest BCUT2D eigenvalue weighted by Gasteiger charge is -2.28. The predicted octanol–water partition coefficient (Wildman–Crippen LogP) is 3.40. The van der Waals surface area contributed by atoms with E-state index >= 15 is 0 Å². The van der Waals surface area contributed by atoms with Crippen LogP contribution in [0.1, 0.15) is 24.0 Å². The molecule has 0 radical (unpaired) electrons. The Balaban J connectivity index is 0.00000280. The Bertz CT molecular complexity index is 826. The molecule has 0 atom stereocenters. The van der Waals surface area contributed by atoms with E-state index in [4.69, 9.17) is 10.5 Å². The van der Waals surface area contributed by atoms with Gasteiger partial charge in [-0.2, -0.15) is 0 Å². The smallest absolute Gasteiger partial charge is 0.222 e. The van der Waals surface area contributed by atoms with Gasteiger partial charge in [-0.1, -0.05) is 30.3 Å². The lowest BCUT2D eigenvalue weighted by Crippen LogP contribution is -2.35. The molecule has 1 aliphatic heterocycles. The van der Waals surface area contributed by atoms with Crippen LogP contribution in [0.4, 0.5) is 5.69 Å². The summed E-state index contributed by atoms with van der Waals surface area (Å²) < 4.78 is 5.18. The number of nitrogens with one attached hydrogen (secondary N) is 1. The number of aliphatic imine (C=N–C) groups is 1. The van der Waals surface area contributed by atoms with Crippen molar-refractivity contribution in [1.29, 1.82) is 0 Å². The molecule has 1 amide bonds. The van der Waals surface area contributed by atoms with Gasteiger partial charge in [0.25, 0.3) is 0 Å². The molecule has 0 unspecified atom stereocenters. The molecule has 2 aromatic rings. The number of anilines is 1. The Hall–Kier alpha value is -2.29. The molecule has 0 bridgehead atoms. The molecule has 0 fully saturated rings. The molecule has 0 saturated carbocycles. The third-order valence-corrected chi connectivity index (χ3v) is 4.66. The van der Waals surface area contributed by atoms with Gasteiger partial charge < -0.3 is 20.7 Å². The summed E-state index contributed by atoms with van der Waals surface area (Å²) in [5.41, 5.74) is 9.33. The summed E-state index contributed by atoms with van der Waals surface area (Å²) in [5.74, 6) is 1.27. The molecule has 6 nitrogen and oxygen atoms in total. The topological polar surface area (TPSA) is 80.0 Å². The van der Waals surface area contributed by atoms with Gasteiger partial charge in [0, 0.05) is 37.8 Å². The number of amides is 1. The van der Waals surface area contributed by atoms with Gasteiger partial charge in [-0.05, 0) is 36.1 Å². The summed E-state index contributed by atoms with van der Waals surface area (Å²) >= 11 is 0. The Kier molecular flexibility index (Phi) is 8.56. The van der Waals surface area contributed by atoms with Crippen LogP contribution in [0.15, 0.2) is 53.5 Å². The van der Waals surface area contributed by atoms with Crippen molar-refractivity contribution in [2.75, 3.05) is 25.5 Å². The fraction of sp³-hybridized carbons (Fsp3) is 0.333. The molecule has 28 heavy (non-hydrogen) atoms. The van der Waals surface area contributed by atoms with Gasteiger partial charge in [0.1, 0.15) is 5.75 Å². The van der Waals surface area contributed by atoms with Crippen LogP contribution >= 0.6 is 24.0 Å². The number of methoxy groups -OCH3 is 1. The standard InChI is InChI=1S/C21H26N4O2.HI/c1-27-19-9-4-8-18(14-19)24-21(22)23-12-5-10-20(26)25-13-11-16-6-2-3-7-17(16)15-25;/h2-4,6-9,14H,5,10-13,15H2,1H3,(H3,22,23,24);1H. The Morgan fingerprint density at radius 3 is 2.79 bits per heavy atom. The molecular weight excluding hydrogens is 467 g/mol. The SMILES string of the molecule is COc1cccc(NC(N)=NCCCC(=O)N2CCc3ccccc3C2)c1.I. The van der Waals surface area contributed by atoms with Crippen molar-refractivity contribution in [1.82, 2.24) is 4.90 Å². The lowest BCUT2D eigenvalue weighted by atomic mass is 9.99. The largest absolute Gasteiger partial charge is 0.497 e. The summed E-state index contributed by atoms with van der Waals surface area (Å²) in [4.78, 5) is 18.7. The first-order valence-corrected chi connectivity index (χ1v) is 9.21. The molecule has 0 spiro atoms. The van der Waals surface area contributed by atoms with Gasteiger partial charge in [-0.15, -0.1) is 24.0 Å². The minimum Gasteiger partial charge on any atom is -0.497 e. The number of guanidine groups is 1. The number of hydrogen-bond donors (Lipinski definition) is 2. The minimum absolute atomic E-state index is 0. The number of nitrogens with two attached hydrogens (primary N) is 1. The second kappa shape index (κ2) is 10.9. The summed E-state index contributed by atoms with van der Waals surface area (Å²) in [6.45, 7) is 2.01. The maximum atomic E-state index is 12.4. The van der Waals surface area contributed by atoms with Gasteiger partial charge >= 0.3 is 0 Å². The highest BCUT2D eigenvalue weighted by Crippen LogP contribution is 2.19. The van der Waals surface area contributed by atoms with Crippen molar-refractivity contribution in [3.8, 4) is 5.75 Å². The Morgan fingerprint density at radius 2 is 2.00 bits per heavy atom. The second-order valence-electron chi connectivity index (χ2n) is 6.56. The number of carbonyl (C=O) groups is 1. The molecule has 1 heterocycles. The number of rotatable bonds is 6. The van der Waals surface area contributed by atoms with Crippen LogP contribution in [0.25, 0.3) is 0 Å².